The fourth-order valence-electron chi connectivity index (χ4n) is 1.39. The fraction of sp³-hybridized carbons (Fsp3) is 1.00. The maximum Gasteiger partial charge on any atom is 0.0517 e. The molecule has 0 bridgehead atoms. The van der Waals surface area contributed by atoms with Crippen molar-refractivity contribution in [2.24, 2.45) is 5.73 Å². The fourth-order valence-corrected chi connectivity index (χ4v) is 1.39. The maximum absolute atomic E-state index is 5.57. The molecule has 0 aromatic carbocycles. The van der Waals surface area contributed by atoms with Crippen LogP contribution in [0, 0.1) is 0 Å². The topological polar surface area (TPSA) is 53.3 Å². The second-order valence-electron chi connectivity index (χ2n) is 3.33. The van der Waals surface area contributed by atoms with Crippen molar-refractivity contribution in [2.75, 3.05) is 39.3 Å². The zero-order valence-electron chi connectivity index (χ0n) is 7.84. The molecule has 0 aromatic rings. The normalized spacial score (nSPS) is 22.5. The van der Waals surface area contributed by atoms with Crippen molar-refractivity contribution in [3.05, 3.63) is 0 Å². The molecule has 1 unspecified atom stereocenters. The van der Waals surface area contributed by atoms with Crippen LogP contribution in [0.2, 0.25) is 0 Å². The van der Waals surface area contributed by atoms with Gasteiger partial charge in [-0.25, -0.2) is 0 Å². The summed E-state index contributed by atoms with van der Waals surface area (Å²) < 4.78 is 0. The molecule has 4 heteroatoms. The van der Waals surface area contributed by atoms with E-state index in [1.807, 2.05) is 6.92 Å². The Labute approximate surface area is 74.5 Å². The Hall–Kier alpha value is -0.160. The van der Waals surface area contributed by atoms with E-state index >= 15 is 0 Å². The predicted molar refractivity (Wildman–Crippen MR) is 51.0 cm³/mol. The van der Waals surface area contributed by atoms with Gasteiger partial charge in [0.05, 0.1) is 6.17 Å². The smallest absolute Gasteiger partial charge is 0.0517 e. The van der Waals surface area contributed by atoms with E-state index in [2.05, 4.69) is 15.5 Å². The van der Waals surface area contributed by atoms with E-state index in [-0.39, 0.29) is 6.17 Å². The largest absolute Gasteiger partial charge is 0.316 e. The number of rotatable bonds is 4. The summed E-state index contributed by atoms with van der Waals surface area (Å²) in [7, 11) is 0. The third-order valence-electron chi connectivity index (χ3n) is 2.10. The summed E-state index contributed by atoms with van der Waals surface area (Å²) in [4.78, 5) is 2.45. The van der Waals surface area contributed by atoms with Gasteiger partial charge in [-0.1, -0.05) is 0 Å². The van der Waals surface area contributed by atoms with Gasteiger partial charge in [0.25, 0.3) is 0 Å². The Kier molecular flexibility index (Phi) is 4.53. The van der Waals surface area contributed by atoms with Gasteiger partial charge in [-0.2, -0.15) is 0 Å². The van der Waals surface area contributed by atoms with Crippen LogP contribution in [0.1, 0.15) is 6.92 Å². The molecule has 12 heavy (non-hydrogen) atoms. The van der Waals surface area contributed by atoms with Gasteiger partial charge in [0, 0.05) is 39.3 Å². The molecular formula is C8H20N4. The maximum atomic E-state index is 5.57. The zero-order valence-corrected chi connectivity index (χ0v) is 7.84. The van der Waals surface area contributed by atoms with E-state index in [1.165, 1.54) is 13.1 Å². The number of hydrogen-bond donors (Lipinski definition) is 3. The lowest BCUT2D eigenvalue weighted by molar-refractivity contribution is 0.239. The molecule has 1 rings (SSSR count). The molecule has 4 nitrogen and oxygen atoms in total. The molecule has 72 valence electrons. The minimum absolute atomic E-state index is 0.118. The van der Waals surface area contributed by atoms with Crippen molar-refractivity contribution >= 4 is 0 Å². The number of nitrogens with one attached hydrogen (secondary N) is 2. The van der Waals surface area contributed by atoms with Crippen molar-refractivity contribution in [3.63, 3.8) is 0 Å². The first-order chi connectivity index (χ1) is 5.79. The molecule has 0 spiro atoms. The Balaban J connectivity index is 1.98. The van der Waals surface area contributed by atoms with Crippen LogP contribution in [0.4, 0.5) is 0 Å². The first-order valence-electron chi connectivity index (χ1n) is 4.71. The highest BCUT2D eigenvalue weighted by molar-refractivity contribution is 4.68. The molecule has 0 saturated carbocycles. The Morgan fingerprint density at radius 2 is 2.17 bits per heavy atom. The molecular weight excluding hydrogens is 152 g/mol. The Morgan fingerprint density at radius 1 is 1.50 bits per heavy atom. The molecule has 0 radical (unpaired) electrons. The van der Waals surface area contributed by atoms with Crippen molar-refractivity contribution in [1.82, 2.24) is 15.5 Å². The predicted octanol–water partition coefficient (Wildman–Crippen LogP) is -1.21. The second kappa shape index (κ2) is 5.48. The lowest BCUT2D eigenvalue weighted by atomic mass is 10.3. The van der Waals surface area contributed by atoms with E-state index in [1.54, 1.807) is 0 Å². The van der Waals surface area contributed by atoms with Crippen LogP contribution in [-0.2, 0) is 0 Å². The third-order valence-corrected chi connectivity index (χ3v) is 2.10. The van der Waals surface area contributed by atoms with Crippen LogP contribution in [0.3, 0.4) is 0 Å². The first-order valence-corrected chi connectivity index (χ1v) is 4.71. The van der Waals surface area contributed by atoms with Gasteiger partial charge in [0.1, 0.15) is 0 Å². The molecule has 1 atom stereocenters. The molecule has 1 heterocycles. The summed E-state index contributed by atoms with van der Waals surface area (Å²) >= 11 is 0. The van der Waals surface area contributed by atoms with E-state index in [9.17, 15) is 0 Å². The summed E-state index contributed by atoms with van der Waals surface area (Å²) in [6.45, 7) is 8.66. The summed E-state index contributed by atoms with van der Waals surface area (Å²) in [5.74, 6) is 0. The third kappa shape index (κ3) is 4.01. The lowest BCUT2D eigenvalue weighted by Gasteiger charge is -2.27. The van der Waals surface area contributed by atoms with Gasteiger partial charge in [-0.05, 0) is 6.92 Å². The van der Waals surface area contributed by atoms with Crippen molar-refractivity contribution < 1.29 is 0 Å². The number of piperazine rings is 1. The SMILES string of the molecule is CC(N)NCCN1CCNCC1. The number of nitrogens with zero attached hydrogens (tertiary/aromatic N) is 1. The van der Waals surface area contributed by atoms with Crippen LogP contribution < -0.4 is 16.4 Å². The average Bonchev–Trinajstić information content (AvgIpc) is 2.05. The quantitative estimate of drug-likeness (QED) is 0.466. The van der Waals surface area contributed by atoms with E-state index in [0.717, 1.165) is 26.2 Å². The highest BCUT2D eigenvalue weighted by Gasteiger charge is 2.07. The Morgan fingerprint density at radius 3 is 2.75 bits per heavy atom. The van der Waals surface area contributed by atoms with Gasteiger partial charge in [-0.3, -0.25) is 4.90 Å². The van der Waals surface area contributed by atoms with Gasteiger partial charge in [-0.15, -0.1) is 0 Å². The second-order valence-corrected chi connectivity index (χ2v) is 3.33. The lowest BCUT2D eigenvalue weighted by Crippen LogP contribution is -2.47. The molecule has 1 aliphatic heterocycles. The summed E-state index contributed by atoms with van der Waals surface area (Å²) in [6.07, 6.45) is 0.118. The summed E-state index contributed by atoms with van der Waals surface area (Å²) in [5.41, 5.74) is 5.57. The minimum Gasteiger partial charge on any atom is -0.316 e. The average molecular weight is 172 g/mol. The number of hydrogen-bond acceptors (Lipinski definition) is 4. The molecule has 1 aliphatic rings. The van der Waals surface area contributed by atoms with Gasteiger partial charge in [0.15, 0.2) is 0 Å². The highest BCUT2D eigenvalue weighted by Crippen LogP contribution is 1.89. The first kappa shape index (κ1) is 9.92. The van der Waals surface area contributed by atoms with Crippen LogP contribution in [0.15, 0.2) is 0 Å². The molecule has 4 N–H and O–H groups in total. The van der Waals surface area contributed by atoms with Gasteiger partial charge >= 0.3 is 0 Å². The van der Waals surface area contributed by atoms with E-state index in [4.69, 9.17) is 5.73 Å². The zero-order chi connectivity index (χ0) is 8.81. The molecule has 0 aliphatic carbocycles. The standard InChI is InChI=1S/C8H20N4/c1-8(9)11-4-7-12-5-2-10-3-6-12/h8,10-11H,2-7,9H2,1H3. The number of nitrogens with two attached hydrogens (primary N) is 1. The molecule has 1 saturated heterocycles. The monoisotopic (exact) mass is 172 g/mol. The van der Waals surface area contributed by atoms with Crippen molar-refractivity contribution in [1.29, 1.82) is 0 Å². The minimum atomic E-state index is 0.118. The van der Waals surface area contributed by atoms with Crippen LogP contribution >= 0.6 is 0 Å². The van der Waals surface area contributed by atoms with Gasteiger partial charge in [0.2, 0.25) is 0 Å². The highest BCUT2D eigenvalue weighted by atomic mass is 15.2. The van der Waals surface area contributed by atoms with E-state index < -0.39 is 0 Å². The summed E-state index contributed by atoms with van der Waals surface area (Å²) in [5, 5.41) is 6.54. The van der Waals surface area contributed by atoms with Crippen LogP contribution in [0.5, 0.6) is 0 Å². The van der Waals surface area contributed by atoms with Crippen molar-refractivity contribution in [3.8, 4) is 0 Å². The summed E-state index contributed by atoms with van der Waals surface area (Å²) in [6, 6.07) is 0. The molecule has 0 aromatic heterocycles. The van der Waals surface area contributed by atoms with Crippen LogP contribution in [-0.4, -0.2) is 50.3 Å². The van der Waals surface area contributed by atoms with Crippen LogP contribution in [0.25, 0.3) is 0 Å². The molecule has 0 amide bonds. The Bertz CT molecular complexity index is 110. The van der Waals surface area contributed by atoms with E-state index in [0.29, 0.717) is 0 Å². The van der Waals surface area contributed by atoms with Gasteiger partial charge < -0.3 is 16.4 Å². The van der Waals surface area contributed by atoms with Crippen molar-refractivity contribution in [2.45, 2.75) is 13.1 Å². The molecule has 1 fully saturated rings.